The molecular weight excluding hydrogens is 324 g/mol. The highest BCUT2D eigenvalue weighted by atomic mass is 79.9. The number of anilines is 1. The number of nitrogens with one attached hydrogen (secondary N) is 1. The molecule has 21 heavy (non-hydrogen) atoms. The normalized spacial score (nSPS) is 16.2. The van der Waals surface area contributed by atoms with Gasteiger partial charge in [-0.25, -0.2) is 0 Å². The summed E-state index contributed by atoms with van der Waals surface area (Å²) in [5.41, 5.74) is 4.11. The van der Waals surface area contributed by atoms with E-state index in [2.05, 4.69) is 76.3 Å². The SMILES string of the molecule is Cc1ccc(N2CC[NH+](Cc3ccccc3Br)CC2)cc1. The van der Waals surface area contributed by atoms with Crippen LogP contribution in [0.1, 0.15) is 11.1 Å². The molecule has 0 unspecified atom stereocenters. The zero-order valence-electron chi connectivity index (χ0n) is 12.5. The minimum absolute atomic E-state index is 1.11. The Balaban J connectivity index is 1.58. The van der Waals surface area contributed by atoms with Crippen LogP contribution in [0.25, 0.3) is 0 Å². The molecule has 0 bridgehead atoms. The molecule has 0 radical (unpaired) electrons. The van der Waals surface area contributed by atoms with Gasteiger partial charge in [0.05, 0.1) is 26.2 Å². The lowest BCUT2D eigenvalue weighted by Crippen LogP contribution is -3.13. The van der Waals surface area contributed by atoms with Crippen molar-refractivity contribution in [3.63, 3.8) is 0 Å². The van der Waals surface area contributed by atoms with Crippen LogP contribution in [0.3, 0.4) is 0 Å². The minimum Gasteiger partial charge on any atom is -0.360 e. The lowest BCUT2D eigenvalue weighted by Gasteiger charge is -2.33. The van der Waals surface area contributed by atoms with E-state index < -0.39 is 0 Å². The fourth-order valence-corrected chi connectivity index (χ4v) is 3.35. The molecule has 0 aliphatic carbocycles. The zero-order valence-corrected chi connectivity index (χ0v) is 14.1. The largest absolute Gasteiger partial charge is 0.360 e. The standard InChI is InChI=1S/C18H21BrN2/c1-15-6-8-17(9-7-15)21-12-10-20(11-13-21)14-16-4-2-3-5-18(16)19/h2-9H,10-14H2,1H3/p+1. The van der Waals surface area contributed by atoms with E-state index in [0.717, 1.165) is 19.6 Å². The number of hydrogen-bond donors (Lipinski definition) is 1. The van der Waals surface area contributed by atoms with E-state index in [9.17, 15) is 0 Å². The fourth-order valence-electron chi connectivity index (χ4n) is 2.92. The van der Waals surface area contributed by atoms with Crippen molar-refractivity contribution in [2.24, 2.45) is 0 Å². The first-order valence-electron chi connectivity index (χ1n) is 7.61. The molecule has 1 saturated heterocycles. The summed E-state index contributed by atoms with van der Waals surface area (Å²) in [4.78, 5) is 4.17. The third kappa shape index (κ3) is 3.66. The Labute approximate surface area is 135 Å². The average molecular weight is 346 g/mol. The Morgan fingerprint density at radius 3 is 2.33 bits per heavy atom. The predicted octanol–water partition coefficient (Wildman–Crippen LogP) is 2.66. The molecule has 1 heterocycles. The van der Waals surface area contributed by atoms with Gasteiger partial charge >= 0.3 is 0 Å². The van der Waals surface area contributed by atoms with Crippen molar-refractivity contribution < 1.29 is 4.90 Å². The minimum atomic E-state index is 1.11. The second-order valence-corrected chi connectivity index (χ2v) is 6.70. The molecule has 1 aliphatic heterocycles. The Kier molecular flexibility index (Phi) is 4.61. The molecule has 3 rings (SSSR count). The van der Waals surface area contributed by atoms with Crippen LogP contribution in [-0.2, 0) is 6.54 Å². The van der Waals surface area contributed by atoms with Gasteiger partial charge in [0.25, 0.3) is 0 Å². The molecule has 3 heteroatoms. The predicted molar refractivity (Wildman–Crippen MR) is 91.9 cm³/mol. The van der Waals surface area contributed by atoms with Gasteiger partial charge in [-0.2, -0.15) is 0 Å². The maximum absolute atomic E-state index is 3.65. The number of rotatable bonds is 3. The van der Waals surface area contributed by atoms with Gasteiger partial charge in [0, 0.05) is 15.7 Å². The second-order valence-electron chi connectivity index (χ2n) is 5.84. The monoisotopic (exact) mass is 345 g/mol. The van der Waals surface area contributed by atoms with E-state index in [0.29, 0.717) is 0 Å². The maximum Gasteiger partial charge on any atom is 0.104 e. The van der Waals surface area contributed by atoms with E-state index in [1.54, 1.807) is 4.90 Å². The smallest absolute Gasteiger partial charge is 0.104 e. The highest BCUT2D eigenvalue weighted by molar-refractivity contribution is 9.10. The number of aryl methyl sites for hydroxylation is 1. The summed E-state index contributed by atoms with van der Waals surface area (Å²) in [7, 11) is 0. The maximum atomic E-state index is 3.65. The van der Waals surface area contributed by atoms with Crippen LogP contribution in [0, 0.1) is 6.92 Å². The molecule has 1 N–H and O–H groups in total. The molecule has 1 fully saturated rings. The Bertz CT molecular complexity index is 586. The number of benzene rings is 2. The number of quaternary nitrogens is 1. The van der Waals surface area contributed by atoms with Crippen molar-refractivity contribution in [3.05, 3.63) is 64.1 Å². The average Bonchev–Trinajstić information content (AvgIpc) is 2.51. The lowest BCUT2D eigenvalue weighted by molar-refractivity contribution is -0.914. The first-order chi connectivity index (χ1) is 10.2. The molecule has 0 aromatic heterocycles. The Morgan fingerprint density at radius 2 is 1.67 bits per heavy atom. The summed E-state index contributed by atoms with van der Waals surface area (Å²) >= 11 is 3.65. The summed E-state index contributed by atoms with van der Waals surface area (Å²) in [6.07, 6.45) is 0. The number of hydrogen-bond acceptors (Lipinski definition) is 1. The number of piperazine rings is 1. The lowest BCUT2D eigenvalue weighted by atomic mass is 10.1. The Hall–Kier alpha value is -1.32. The van der Waals surface area contributed by atoms with Crippen LogP contribution >= 0.6 is 15.9 Å². The first kappa shape index (κ1) is 14.6. The van der Waals surface area contributed by atoms with Gasteiger partial charge in [-0.15, -0.1) is 0 Å². The molecule has 0 saturated carbocycles. The summed E-state index contributed by atoms with van der Waals surface area (Å²) in [5, 5.41) is 0. The van der Waals surface area contributed by atoms with Crippen molar-refractivity contribution >= 4 is 21.6 Å². The fraction of sp³-hybridized carbons (Fsp3) is 0.333. The van der Waals surface area contributed by atoms with E-state index in [-0.39, 0.29) is 0 Å². The first-order valence-corrected chi connectivity index (χ1v) is 8.40. The van der Waals surface area contributed by atoms with Crippen LogP contribution in [0.5, 0.6) is 0 Å². The van der Waals surface area contributed by atoms with Gasteiger partial charge in [-0.3, -0.25) is 0 Å². The van der Waals surface area contributed by atoms with Crippen molar-refractivity contribution in [2.75, 3.05) is 31.1 Å². The van der Waals surface area contributed by atoms with Crippen molar-refractivity contribution in [1.29, 1.82) is 0 Å². The number of nitrogens with zero attached hydrogens (tertiary/aromatic N) is 1. The molecule has 2 nitrogen and oxygen atoms in total. The third-order valence-electron chi connectivity index (χ3n) is 4.27. The zero-order chi connectivity index (χ0) is 14.7. The van der Waals surface area contributed by atoms with Crippen molar-refractivity contribution in [2.45, 2.75) is 13.5 Å². The molecule has 2 aromatic carbocycles. The molecule has 0 amide bonds. The summed E-state index contributed by atoms with van der Waals surface area (Å²) in [5.74, 6) is 0. The van der Waals surface area contributed by atoms with Gasteiger partial charge in [0.2, 0.25) is 0 Å². The van der Waals surface area contributed by atoms with Crippen LogP contribution in [-0.4, -0.2) is 26.2 Å². The van der Waals surface area contributed by atoms with E-state index in [1.165, 1.54) is 34.4 Å². The third-order valence-corrected chi connectivity index (χ3v) is 5.04. The van der Waals surface area contributed by atoms with Crippen LogP contribution < -0.4 is 9.80 Å². The Morgan fingerprint density at radius 1 is 1.00 bits per heavy atom. The second kappa shape index (κ2) is 6.63. The van der Waals surface area contributed by atoms with Gasteiger partial charge in [-0.05, 0) is 25.1 Å². The van der Waals surface area contributed by atoms with Crippen LogP contribution in [0.4, 0.5) is 5.69 Å². The van der Waals surface area contributed by atoms with Crippen molar-refractivity contribution in [3.8, 4) is 0 Å². The van der Waals surface area contributed by atoms with E-state index in [1.807, 2.05) is 0 Å². The van der Waals surface area contributed by atoms with Crippen molar-refractivity contribution in [1.82, 2.24) is 0 Å². The highest BCUT2D eigenvalue weighted by Gasteiger charge is 2.20. The van der Waals surface area contributed by atoms with Crippen LogP contribution in [0.2, 0.25) is 0 Å². The van der Waals surface area contributed by atoms with Gasteiger partial charge in [0.15, 0.2) is 0 Å². The summed E-state index contributed by atoms with van der Waals surface area (Å²) in [6.45, 7) is 7.95. The molecule has 110 valence electrons. The van der Waals surface area contributed by atoms with E-state index in [4.69, 9.17) is 0 Å². The highest BCUT2D eigenvalue weighted by Crippen LogP contribution is 2.16. The van der Waals surface area contributed by atoms with Gasteiger partial charge in [-0.1, -0.05) is 51.8 Å². The quantitative estimate of drug-likeness (QED) is 0.898. The topological polar surface area (TPSA) is 7.68 Å². The molecule has 1 aliphatic rings. The molecule has 0 atom stereocenters. The van der Waals surface area contributed by atoms with Gasteiger partial charge < -0.3 is 9.80 Å². The molecule has 2 aromatic rings. The summed E-state index contributed by atoms with van der Waals surface area (Å²) < 4.78 is 1.23. The van der Waals surface area contributed by atoms with Crippen LogP contribution in [0.15, 0.2) is 53.0 Å². The van der Waals surface area contributed by atoms with Gasteiger partial charge in [0.1, 0.15) is 6.54 Å². The molecular formula is C18H22BrN2+. The van der Waals surface area contributed by atoms with E-state index >= 15 is 0 Å². The molecule has 0 spiro atoms. The summed E-state index contributed by atoms with van der Waals surface area (Å²) in [6, 6.07) is 17.5. The number of halogens is 1.